The first-order valence-electron chi connectivity index (χ1n) is 10.0. The highest BCUT2D eigenvalue weighted by Crippen LogP contribution is 2.34. The maximum Gasteiger partial charge on any atom is 0.162 e. The summed E-state index contributed by atoms with van der Waals surface area (Å²) in [6.07, 6.45) is 12.3. The highest BCUT2D eigenvalue weighted by molar-refractivity contribution is 5.91. The number of allylic oxidation sites excluding steroid dienone is 5. The Kier molecular flexibility index (Phi) is 6.45. The summed E-state index contributed by atoms with van der Waals surface area (Å²) in [6, 6.07) is 0. The number of hydrogen-bond acceptors (Lipinski definition) is 4. The van der Waals surface area contributed by atoms with Crippen molar-refractivity contribution in [1.29, 1.82) is 0 Å². The van der Waals surface area contributed by atoms with E-state index in [1.165, 1.54) is 5.56 Å². The summed E-state index contributed by atoms with van der Waals surface area (Å²) >= 11 is 0. The number of nitrogens with one attached hydrogen (secondary N) is 2. The minimum atomic E-state index is 0.542. The summed E-state index contributed by atoms with van der Waals surface area (Å²) < 4.78 is 0. The lowest BCUT2D eigenvalue weighted by Crippen LogP contribution is -2.26. The lowest BCUT2D eigenvalue weighted by molar-refractivity contribution is 0.462. The Labute approximate surface area is 162 Å². The topological polar surface area (TPSA) is 56.8 Å². The van der Waals surface area contributed by atoms with Gasteiger partial charge in [-0.25, -0.2) is 9.97 Å². The van der Waals surface area contributed by atoms with E-state index in [1.54, 1.807) is 6.08 Å². The van der Waals surface area contributed by atoms with Gasteiger partial charge in [-0.2, -0.15) is 0 Å². The van der Waals surface area contributed by atoms with Gasteiger partial charge >= 0.3 is 0 Å². The van der Waals surface area contributed by atoms with Gasteiger partial charge < -0.3 is 15.2 Å². The number of piperidine rings is 1. The van der Waals surface area contributed by atoms with Crippen LogP contribution >= 0.6 is 0 Å². The van der Waals surface area contributed by atoms with Gasteiger partial charge in [-0.05, 0) is 58.2 Å². The first-order valence-corrected chi connectivity index (χ1v) is 10.0. The molecule has 2 N–H and O–H groups in total. The molecule has 0 bridgehead atoms. The molecule has 0 atom stereocenters. The first-order chi connectivity index (χ1) is 13.2. The fourth-order valence-corrected chi connectivity index (χ4v) is 3.85. The minimum Gasteiger partial charge on any atom is -0.357 e. The largest absolute Gasteiger partial charge is 0.357 e. The normalized spacial score (nSPS) is 16.3. The first kappa shape index (κ1) is 19.4. The second kappa shape index (κ2) is 9.00. The summed E-state index contributed by atoms with van der Waals surface area (Å²) in [7, 11) is 0. The van der Waals surface area contributed by atoms with Crippen LogP contribution in [0.4, 0.5) is 5.82 Å². The summed E-state index contributed by atoms with van der Waals surface area (Å²) in [5.74, 6) is 2.29. The maximum atomic E-state index is 5.00. The van der Waals surface area contributed by atoms with Gasteiger partial charge in [0.2, 0.25) is 0 Å². The van der Waals surface area contributed by atoms with Crippen molar-refractivity contribution < 1.29 is 0 Å². The van der Waals surface area contributed by atoms with Gasteiger partial charge in [0.05, 0.1) is 5.52 Å². The van der Waals surface area contributed by atoms with E-state index < -0.39 is 0 Å². The summed E-state index contributed by atoms with van der Waals surface area (Å²) in [4.78, 5) is 15.7. The van der Waals surface area contributed by atoms with Crippen LogP contribution in [0.15, 0.2) is 37.1 Å². The van der Waals surface area contributed by atoms with Crippen LogP contribution in [0.5, 0.6) is 0 Å². The Balaban J connectivity index is 2.21. The number of fused-ring (bicyclic) bond motifs is 1. The van der Waals surface area contributed by atoms with Crippen LogP contribution in [-0.2, 0) is 0 Å². The molecule has 0 saturated carbocycles. The van der Waals surface area contributed by atoms with Crippen molar-refractivity contribution in [1.82, 2.24) is 20.3 Å². The molecule has 2 aromatic heterocycles. The zero-order chi connectivity index (χ0) is 19.2. The molecule has 5 heteroatoms. The van der Waals surface area contributed by atoms with Gasteiger partial charge in [0, 0.05) is 24.9 Å². The molecule has 1 saturated heterocycles. The second-order valence-corrected chi connectivity index (χ2v) is 6.89. The molecule has 1 fully saturated rings. The van der Waals surface area contributed by atoms with Gasteiger partial charge in [-0.3, -0.25) is 0 Å². The van der Waals surface area contributed by atoms with Crippen LogP contribution in [0.2, 0.25) is 0 Å². The van der Waals surface area contributed by atoms with E-state index in [0.29, 0.717) is 5.92 Å². The number of hydrogen-bond donors (Lipinski definition) is 2. The van der Waals surface area contributed by atoms with Crippen molar-refractivity contribution in [2.24, 2.45) is 0 Å². The van der Waals surface area contributed by atoms with Crippen molar-refractivity contribution in [3.8, 4) is 0 Å². The Bertz CT molecular complexity index is 836. The molecule has 27 heavy (non-hydrogen) atoms. The average molecular weight is 366 g/mol. The lowest BCUT2D eigenvalue weighted by atomic mass is 9.91. The van der Waals surface area contributed by atoms with Crippen LogP contribution in [-0.4, -0.2) is 41.1 Å². The molecule has 0 aromatic carbocycles. The molecule has 144 valence electrons. The summed E-state index contributed by atoms with van der Waals surface area (Å²) in [5.41, 5.74) is 4.42. The minimum absolute atomic E-state index is 0.542. The molecular weight excluding hydrogens is 334 g/mol. The van der Waals surface area contributed by atoms with Gasteiger partial charge in [0.25, 0.3) is 0 Å². The molecule has 0 spiro atoms. The smallest absolute Gasteiger partial charge is 0.162 e. The Morgan fingerprint density at radius 3 is 2.63 bits per heavy atom. The van der Waals surface area contributed by atoms with E-state index in [9.17, 15) is 0 Å². The van der Waals surface area contributed by atoms with Crippen LogP contribution in [0.3, 0.4) is 0 Å². The van der Waals surface area contributed by atoms with E-state index in [0.717, 1.165) is 67.3 Å². The third-order valence-electron chi connectivity index (χ3n) is 5.28. The highest BCUT2D eigenvalue weighted by Gasteiger charge is 2.23. The van der Waals surface area contributed by atoms with Crippen LogP contribution < -0.4 is 10.2 Å². The average Bonchev–Trinajstić information content (AvgIpc) is 3.13. The third kappa shape index (κ3) is 3.98. The fourth-order valence-electron chi connectivity index (χ4n) is 3.85. The zero-order valence-electron chi connectivity index (χ0n) is 16.8. The number of aromatic nitrogens is 3. The Hall–Kier alpha value is -2.40. The number of anilines is 1. The summed E-state index contributed by atoms with van der Waals surface area (Å²) in [5, 5.41) is 3.46. The third-order valence-corrected chi connectivity index (χ3v) is 5.28. The monoisotopic (exact) mass is 365 g/mol. The lowest BCUT2D eigenvalue weighted by Gasteiger charge is -2.23. The van der Waals surface area contributed by atoms with Crippen molar-refractivity contribution in [2.75, 3.05) is 31.1 Å². The van der Waals surface area contributed by atoms with Gasteiger partial charge in [0.1, 0.15) is 5.52 Å². The molecule has 0 unspecified atom stereocenters. The number of H-pyrrole nitrogens is 1. The van der Waals surface area contributed by atoms with Crippen molar-refractivity contribution >= 4 is 22.4 Å². The molecule has 3 rings (SSSR count). The van der Waals surface area contributed by atoms with Crippen molar-refractivity contribution in [2.45, 2.75) is 39.5 Å². The van der Waals surface area contributed by atoms with E-state index >= 15 is 0 Å². The van der Waals surface area contributed by atoms with E-state index in [2.05, 4.69) is 41.8 Å². The number of nitrogens with zero attached hydrogens (tertiary/aromatic N) is 3. The van der Waals surface area contributed by atoms with Crippen LogP contribution in [0, 0.1) is 0 Å². The molecule has 2 aromatic rings. The van der Waals surface area contributed by atoms with Gasteiger partial charge in [0.15, 0.2) is 11.6 Å². The van der Waals surface area contributed by atoms with Crippen LogP contribution in [0.1, 0.15) is 50.9 Å². The molecule has 0 amide bonds. The Morgan fingerprint density at radius 1 is 1.26 bits per heavy atom. The number of aromatic amines is 1. The molecule has 1 aliphatic rings. The summed E-state index contributed by atoms with van der Waals surface area (Å²) in [6.45, 7) is 14.2. The molecular formula is C22H31N5. The molecule has 1 aliphatic heterocycles. The van der Waals surface area contributed by atoms with E-state index in [4.69, 9.17) is 9.97 Å². The van der Waals surface area contributed by atoms with Crippen molar-refractivity contribution in [3.63, 3.8) is 0 Å². The number of rotatable bonds is 7. The quantitative estimate of drug-likeness (QED) is 0.713. The SMILES string of the molecule is C=C/C=C(\C=C/C)c1nc(N(CC)CC)c2[nH]cc(C3CCNCC3)c2n1. The molecule has 0 aliphatic carbocycles. The Morgan fingerprint density at radius 2 is 2.00 bits per heavy atom. The van der Waals surface area contributed by atoms with Gasteiger partial charge in [-0.15, -0.1) is 0 Å². The van der Waals surface area contributed by atoms with E-state index in [1.807, 2.05) is 25.2 Å². The van der Waals surface area contributed by atoms with Crippen molar-refractivity contribution in [3.05, 3.63) is 48.5 Å². The molecule has 0 radical (unpaired) electrons. The van der Waals surface area contributed by atoms with E-state index in [-0.39, 0.29) is 0 Å². The van der Waals surface area contributed by atoms with Gasteiger partial charge in [-0.1, -0.05) is 30.9 Å². The molecule has 5 nitrogen and oxygen atoms in total. The predicted octanol–water partition coefficient (Wildman–Crippen LogP) is 4.42. The zero-order valence-corrected chi connectivity index (χ0v) is 16.8. The predicted molar refractivity (Wildman–Crippen MR) is 115 cm³/mol. The highest BCUT2D eigenvalue weighted by atomic mass is 15.2. The fraction of sp³-hybridized carbons (Fsp3) is 0.455. The maximum absolute atomic E-state index is 5.00. The standard InChI is InChI=1S/C22H31N5/c1-5-9-17(10-6-2)21-25-19-18(16-11-13-23-14-12-16)15-24-20(19)22(26-21)27(7-3)8-4/h5-6,9-10,15-16,23-24H,1,7-8,11-14H2,2-4H3/b10-6-,17-9+. The second-order valence-electron chi connectivity index (χ2n) is 6.89. The van der Waals surface area contributed by atoms with Crippen LogP contribution in [0.25, 0.3) is 16.6 Å². The molecule has 3 heterocycles.